The van der Waals surface area contributed by atoms with Crippen molar-refractivity contribution in [2.75, 3.05) is 6.61 Å². The molecular formula is C18H15Cl2N3O2. The number of carbonyl (C=O) groups excluding carboxylic acids is 1. The van der Waals surface area contributed by atoms with Crippen LogP contribution in [0.3, 0.4) is 0 Å². The monoisotopic (exact) mass is 375 g/mol. The first-order chi connectivity index (χ1) is 12.1. The normalized spacial score (nSPS) is 10.5. The number of para-hydroxylation sites is 1. The van der Waals surface area contributed by atoms with Crippen LogP contribution in [0.4, 0.5) is 0 Å². The van der Waals surface area contributed by atoms with Crippen molar-refractivity contribution in [3.63, 3.8) is 0 Å². The number of hydrogen-bond acceptors (Lipinski definition) is 3. The average molecular weight is 376 g/mol. The number of nitrogens with zero attached hydrogens (tertiary/aromatic N) is 2. The predicted octanol–water partition coefficient (Wildman–Crippen LogP) is 3.87. The van der Waals surface area contributed by atoms with E-state index in [4.69, 9.17) is 27.9 Å². The second-order valence-corrected chi connectivity index (χ2v) is 6.11. The van der Waals surface area contributed by atoms with Crippen LogP contribution < -0.4 is 10.1 Å². The van der Waals surface area contributed by atoms with E-state index >= 15 is 0 Å². The van der Waals surface area contributed by atoms with E-state index in [0.717, 1.165) is 11.3 Å². The lowest BCUT2D eigenvalue weighted by Gasteiger charge is -2.08. The van der Waals surface area contributed by atoms with Crippen LogP contribution in [0, 0.1) is 0 Å². The molecule has 7 heteroatoms. The highest BCUT2D eigenvalue weighted by atomic mass is 35.5. The van der Waals surface area contributed by atoms with Crippen LogP contribution in [0.1, 0.15) is 5.56 Å². The van der Waals surface area contributed by atoms with Crippen molar-refractivity contribution in [3.05, 3.63) is 76.5 Å². The Morgan fingerprint density at radius 1 is 1.16 bits per heavy atom. The van der Waals surface area contributed by atoms with Crippen molar-refractivity contribution < 1.29 is 9.53 Å². The quantitative estimate of drug-likeness (QED) is 0.711. The maximum Gasteiger partial charge on any atom is 0.258 e. The van der Waals surface area contributed by atoms with E-state index in [1.807, 2.05) is 36.5 Å². The third kappa shape index (κ3) is 4.75. The highest BCUT2D eigenvalue weighted by Gasteiger charge is 2.07. The van der Waals surface area contributed by atoms with E-state index in [0.29, 0.717) is 22.3 Å². The first kappa shape index (κ1) is 17.3. The average Bonchev–Trinajstić information content (AvgIpc) is 3.09. The van der Waals surface area contributed by atoms with Gasteiger partial charge in [-0.25, -0.2) is 4.68 Å². The summed E-state index contributed by atoms with van der Waals surface area (Å²) in [5, 5.41) is 7.94. The standard InChI is InChI=1S/C18H15Cl2N3O2/c19-14-6-7-17(16(20)8-14)25-12-18(24)21-9-13-10-22-23(11-13)15-4-2-1-3-5-15/h1-8,10-11H,9,12H2,(H,21,24). The van der Waals surface area contributed by atoms with Crippen molar-refractivity contribution >= 4 is 29.1 Å². The molecule has 0 bridgehead atoms. The van der Waals surface area contributed by atoms with Crippen molar-refractivity contribution in [1.82, 2.24) is 15.1 Å². The molecule has 25 heavy (non-hydrogen) atoms. The maximum atomic E-state index is 11.9. The van der Waals surface area contributed by atoms with Gasteiger partial charge in [-0.05, 0) is 30.3 Å². The Labute approximate surface area is 155 Å². The van der Waals surface area contributed by atoms with Gasteiger partial charge in [0.05, 0.1) is 16.9 Å². The lowest BCUT2D eigenvalue weighted by Crippen LogP contribution is -2.28. The summed E-state index contributed by atoms with van der Waals surface area (Å²) in [6.07, 6.45) is 3.58. The minimum atomic E-state index is -0.251. The summed E-state index contributed by atoms with van der Waals surface area (Å²) >= 11 is 11.8. The van der Waals surface area contributed by atoms with Gasteiger partial charge in [-0.2, -0.15) is 5.10 Å². The van der Waals surface area contributed by atoms with Gasteiger partial charge >= 0.3 is 0 Å². The molecule has 0 saturated heterocycles. The van der Waals surface area contributed by atoms with Crippen LogP contribution in [0.15, 0.2) is 60.9 Å². The second kappa shape index (κ2) is 8.05. The Hall–Kier alpha value is -2.50. The Bertz CT molecular complexity index is 866. The fourth-order valence-corrected chi connectivity index (χ4v) is 2.62. The number of nitrogens with one attached hydrogen (secondary N) is 1. The lowest BCUT2D eigenvalue weighted by atomic mass is 10.3. The molecule has 1 heterocycles. The van der Waals surface area contributed by atoms with E-state index in [1.165, 1.54) is 0 Å². The molecule has 0 unspecified atom stereocenters. The number of carbonyl (C=O) groups is 1. The van der Waals surface area contributed by atoms with Crippen molar-refractivity contribution in [1.29, 1.82) is 0 Å². The summed E-state index contributed by atoms with van der Waals surface area (Å²) in [7, 11) is 0. The summed E-state index contributed by atoms with van der Waals surface area (Å²) in [5.41, 5.74) is 1.85. The van der Waals surface area contributed by atoms with Crippen LogP contribution in [0.2, 0.25) is 10.0 Å². The molecule has 0 saturated carbocycles. The third-order valence-corrected chi connectivity index (χ3v) is 3.93. The molecule has 0 aliphatic heterocycles. The topological polar surface area (TPSA) is 56.1 Å². The van der Waals surface area contributed by atoms with Gasteiger partial charge in [0.2, 0.25) is 0 Å². The molecule has 0 fully saturated rings. The number of aromatic nitrogens is 2. The van der Waals surface area contributed by atoms with Crippen molar-refractivity contribution in [3.8, 4) is 11.4 Å². The number of halogens is 2. The Morgan fingerprint density at radius 3 is 2.72 bits per heavy atom. The third-order valence-electron chi connectivity index (χ3n) is 3.40. The molecule has 3 aromatic rings. The van der Waals surface area contributed by atoms with E-state index in [-0.39, 0.29) is 12.5 Å². The van der Waals surface area contributed by atoms with Crippen LogP contribution in [0.25, 0.3) is 5.69 Å². The first-order valence-electron chi connectivity index (χ1n) is 7.55. The summed E-state index contributed by atoms with van der Waals surface area (Å²) in [5.74, 6) is 0.164. The molecule has 5 nitrogen and oxygen atoms in total. The van der Waals surface area contributed by atoms with Gasteiger partial charge in [-0.15, -0.1) is 0 Å². The Morgan fingerprint density at radius 2 is 1.96 bits per heavy atom. The van der Waals surface area contributed by atoms with E-state index in [9.17, 15) is 4.79 Å². The maximum absolute atomic E-state index is 11.9. The van der Waals surface area contributed by atoms with Gasteiger partial charge in [0.25, 0.3) is 5.91 Å². The van der Waals surface area contributed by atoms with Crippen molar-refractivity contribution in [2.45, 2.75) is 6.54 Å². The molecule has 0 aliphatic carbocycles. The molecule has 128 valence electrons. The molecule has 3 rings (SSSR count). The largest absolute Gasteiger partial charge is 0.482 e. The number of hydrogen-bond donors (Lipinski definition) is 1. The number of ether oxygens (including phenoxy) is 1. The van der Waals surface area contributed by atoms with Gasteiger partial charge in [-0.1, -0.05) is 41.4 Å². The zero-order chi connectivity index (χ0) is 17.6. The number of amides is 1. The molecule has 0 atom stereocenters. The van der Waals surface area contributed by atoms with Crippen LogP contribution >= 0.6 is 23.2 Å². The first-order valence-corrected chi connectivity index (χ1v) is 8.31. The zero-order valence-corrected chi connectivity index (χ0v) is 14.7. The van der Waals surface area contributed by atoms with Gasteiger partial charge in [-0.3, -0.25) is 4.79 Å². The van der Waals surface area contributed by atoms with E-state index in [1.54, 1.807) is 29.1 Å². The van der Waals surface area contributed by atoms with Crippen LogP contribution in [0.5, 0.6) is 5.75 Å². The summed E-state index contributed by atoms with van der Waals surface area (Å²) in [4.78, 5) is 11.9. The smallest absolute Gasteiger partial charge is 0.258 e. The summed E-state index contributed by atoms with van der Waals surface area (Å²) < 4.78 is 7.15. The molecule has 1 N–H and O–H groups in total. The molecular weight excluding hydrogens is 361 g/mol. The number of benzene rings is 2. The minimum absolute atomic E-state index is 0.131. The molecule has 0 radical (unpaired) electrons. The molecule has 0 spiro atoms. The molecule has 1 amide bonds. The fourth-order valence-electron chi connectivity index (χ4n) is 2.16. The minimum Gasteiger partial charge on any atom is -0.482 e. The van der Waals surface area contributed by atoms with Crippen LogP contribution in [-0.4, -0.2) is 22.3 Å². The predicted molar refractivity (Wildman–Crippen MR) is 97.4 cm³/mol. The lowest BCUT2D eigenvalue weighted by molar-refractivity contribution is -0.123. The van der Waals surface area contributed by atoms with Gasteiger partial charge in [0.15, 0.2) is 6.61 Å². The Kier molecular flexibility index (Phi) is 5.58. The summed E-state index contributed by atoms with van der Waals surface area (Å²) in [6, 6.07) is 14.6. The summed E-state index contributed by atoms with van der Waals surface area (Å²) in [6.45, 7) is 0.234. The highest BCUT2D eigenvalue weighted by molar-refractivity contribution is 6.35. The van der Waals surface area contributed by atoms with Gasteiger partial charge < -0.3 is 10.1 Å². The van der Waals surface area contributed by atoms with E-state index in [2.05, 4.69) is 10.4 Å². The highest BCUT2D eigenvalue weighted by Crippen LogP contribution is 2.27. The Balaban J connectivity index is 1.50. The van der Waals surface area contributed by atoms with Crippen molar-refractivity contribution in [2.24, 2.45) is 0 Å². The van der Waals surface area contributed by atoms with Crippen LogP contribution in [-0.2, 0) is 11.3 Å². The zero-order valence-electron chi connectivity index (χ0n) is 13.2. The second-order valence-electron chi connectivity index (χ2n) is 5.27. The SMILES string of the molecule is O=C(COc1ccc(Cl)cc1Cl)NCc1cnn(-c2ccccc2)c1. The van der Waals surface area contributed by atoms with Gasteiger partial charge in [0, 0.05) is 23.3 Å². The molecule has 0 aliphatic rings. The molecule has 2 aromatic carbocycles. The van der Waals surface area contributed by atoms with Gasteiger partial charge in [0.1, 0.15) is 5.75 Å². The molecule has 1 aromatic heterocycles. The van der Waals surface area contributed by atoms with E-state index < -0.39 is 0 Å². The number of rotatable bonds is 6. The fraction of sp³-hybridized carbons (Fsp3) is 0.111.